The molecule has 94 valence electrons. The summed E-state index contributed by atoms with van der Waals surface area (Å²) in [7, 11) is 1.49. The molecule has 0 saturated heterocycles. The Morgan fingerprint density at radius 1 is 1.19 bits per heavy atom. The van der Waals surface area contributed by atoms with Crippen LogP contribution in [-0.4, -0.2) is 39.0 Å². The second kappa shape index (κ2) is 8.82. The highest BCUT2D eigenvalue weighted by Gasteiger charge is 2.08. The minimum Gasteiger partial charge on any atom is -0.449 e. The molecular weight excluding hydrogens is 212 g/mol. The molecule has 0 spiro atoms. The fraction of sp³-hybridized carbons (Fsp3) is 0.800. The zero-order valence-electron chi connectivity index (χ0n) is 10.0. The molecular formula is C10H20N2O4. The van der Waals surface area contributed by atoms with E-state index in [1.165, 1.54) is 7.05 Å². The Morgan fingerprint density at radius 3 is 2.25 bits per heavy atom. The minimum atomic E-state index is -0.484. The first-order chi connectivity index (χ1) is 7.60. The van der Waals surface area contributed by atoms with Gasteiger partial charge in [0.05, 0.1) is 13.2 Å². The van der Waals surface area contributed by atoms with Crippen LogP contribution in [0.1, 0.15) is 20.3 Å². The lowest BCUT2D eigenvalue weighted by Crippen LogP contribution is -2.28. The molecule has 6 heteroatoms. The smallest absolute Gasteiger partial charge is 0.407 e. The average Bonchev–Trinajstić information content (AvgIpc) is 2.30. The van der Waals surface area contributed by atoms with E-state index in [0.29, 0.717) is 6.54 Å². The number of carbonyl (C=O) groups is 2. The molecule has 6 nitrogen and oxygen atoms in total. The maximum absolute atomic E-state index is 11.0. The SMILES string of the molecule is CCCNC(=O)OCC(C)COC(=O)NC. The Kier molecular flexibility index (Phi) is 8.01. The summed E-state index contributed by atoms with van der Waals surface area (Å²) in [4.78, 5) is 21.8. The van der Waals surface area contributed by atoms with E-state index in [9.17, 15) is 9.59 Å². The second-order valence-corrected chi connectivity index (χ2v) is 3.48. The van der Waals surface area contributed by atoms with Gasteiger partial charge in [-0.15, -0.1) is 0 Å². The first kappa shape index (κ1) is 14.5. The summed E-state index contributed by atoms with van der Waals surface area (Å²) in [5.41, 5.74) is 0. The Bertz CT molecular complexity index is 221. The van der Waals surface area contributed by atoms with Crippen molar-refractivity contribution in [2.75, 3.05) is 26.8 Å². The third-order valence-corrected chi connectivity index (χ3v) is 1.72. The van der Waals surface area contributed by atoms with Gasteiger partial charge in [0.15, 0.2) is 0 Å². The lowest BCUT2D eigenvalue weighted by Gasteiger charge is -2.12. The molecule has 0 aromatic carbocycles. The van der Waals surface area contributed by atoms with Crippen molar-refractivity contribution in [1.82, 2.24) is 10.6 Å². The van der Waals surface area contributed by atoms with E-state index in [4.69, 9.17) is 9.47 Å². The van der Waals surface area contributed by atoms with Gasteiger partial charge in [0, 0.05) is 19.5 Å². The molecule has 0 rings (SSSR count). The molecule has 0 aliphatic rings. The van der Waals surface area contributed by atoms with Gasteiger partial charge in [-0.1, -0.05) is 13.8 Å². The molecule has 1 unspecified atom stereocenters. The summed E-state index contributed by atoms with van der Waals surface area (Å²) in [5.74, 6) is -0.0234. The third kappa shape index (κ3) is 7.90. The molecule has 0 fully saturated rings. The lowest BCUT2D eigenvalue weighted by molar-refractivity contribution is 0.0923. The van der Waals surface area contributed by atoms with Crippen LogP contribution in [0.4, 0.5) is 9.59 Å². The van der Waals surface area contributed by atoms with Gasteiger partial charge in [-0.2, -0.15) is 0 Å². The van der Waals surface area contributed by atoms with Gasteiger partial charge >= 0.3 is 12.2 Å². The quantitative estimate of drug-likeness (QED) is 0.719. The molecule has 2 amide bonds. The Labute approximate surface area is 95.7 Å². The van der Waals surface area contributed by atoms with Crippen LogP contribution in [0.25, 0.3) is 0 Å². The van der Waals surface area contributed by atoms with Gasteiger partial charge in [0.25, 0.3) is 0 Å². The van der Waals surface area contributed by atoms with E-state index in [0.717, 1.165) is 6.42 Å². The topological polar surface area (TPSA) is 76.7 Å². The van der Waals surface area contributed by atoms with Crippen LogP contribution in [0.2, 0.25) is 0 Å². The number of alkyl carbamates (subject to hydrolysis) is 2. The zero-order valence-corrected chi connectivity index (χ0v) is 10.0. The minimum absolute atomic E-state index is 0.0234. The van der Waals surface area contributed by atoms with Crippen molar-refractivity contribution in [2.24, 2.45) is 5.92 Å². The second-order valence-electron chi connectivity index (χ2n) is 3.48. The van der Waals surface area contributed by atoms with Gasteiger partial charge in [-0.25, -0.2) is 9.59 Å². The van der Waals surface area contributed by atoms with Gasteiger partial charge in [0.1, 0.15) is 0 Å². The molecule has 0 aromatic rings. The van der Waals surface area contributed by atoms with E-state index in [1.54, 1.807) is 0 Å². The highest BCUT2D eigenvalue weighted by atomic mass is 16.6. The van der Waals surface area contributed by atoms with Crippen LogP contribution in [-0.2, 0) is 9.47 Å². The largest absolute Gasteiger partial charge is 0.449 e. The van der Waals surface area contributed by atoms with Gasteiger partial charge in [-0.05, 0) is 6.42 Å². The van der Waals surface area contributed by atoms with Crippen molar-refractivity contribution in [2.45, 2.75) is 20.3 Å². The van der Waals surface area contributed by atoms with E-state index in [1.807, 2.05) is 13.8 Å². The van der Waals surface area contributed by atoms with Gasteiger partial charge in [-0.3, -0.25) is 0 Å². The predicted molar refractivity (Wildman–Crippen MR) is 59.2 cm³/mol. The van der Waals surface area contributed by atoms with E-state index < -0.39 is 12.2 Å². The third-order valence-electron chi connectivity index (χ3n) is 1.72. The van der Waals surface area contributed by atoms with Crippen LogP contribution >= 0.6 is 0 Å². The normalized spacial score (nSPS) is 11.4. The molecule has 0 radical (unpaired) electrons. The van der Waals surface area contributed by atoms with E-state index in [-0.39, 0.29) is 19.1 Å². The van der Waals surface area contributed by atoms with Crippen LogP contribution in [0.5, 0.6) is 0 Å². The van der Waals surface area contributed by atoms with Crippen molar-refractivity contribution < 1.29 is 19.1 Å². The van der Waals surface area contributed by atoms with E-state index in [2.05, 4.69) is 10.6 Å². The number of rotatable bonds is 6. The van der Waals surface area contributed by atoms with Gasteiger partial charge < -0.3 is 20.1 Å². The monoisotopic (exact) mass is 232 g/mol. The molecule has 2 N–H and O–H groups in total. The zero-order chi connectivity index (χ0) is 12.4. The number of carbonyl (C=O) groups excluding carboxylic acids is 2. The standard InChI is InChI=1S/C10H20N2O4/c1-4-5-12-10(14)16-7-8(2)6-15-9(13)11-3/h8H,4-7H2,1-3H3,(H,11,13)(H,12,14). The Morgan fingerprint density at radius 2 is 1.75 bits per heavy atom. The van der Waals surface area contributed by atoms with Crippen LogP contribution < -0.4 is 10.6 Å². The average molecular weight is 232 g/mol. The summed E-state index contributed by atoms with van der Waals surface area (Å²) in [5, 5.41) is 4.91. The Balaban J connectivity index is 3.52. The molecule has 0 heterocycles. The van der Waals surface area contributed by atoms with Crippen LogP contribution in [0, 0.1) is 5.92 Å². The van der Waals surface area contributed by atoms with Crippen molar-refractivity contribution in [3.8, 4) is 0 Å². The predicted octanol–water partition coefficient (Wildman–Crippen LogP) is 1.11. The van der Waals surface area contributed by atoms with Crippen molar-refractivity contribution >= 4 is 12.2 Å². The van der Waals surface area contributed by atoms with Crippen LogP contribution in [0.3, 0.4) is 0 Å². The van der Waals surface area contributed by atoms with Crippen molar-refractivity contribution in [3.05, 3.63) is 0 Å². The molecule has 0 aliphatic carbocycles. The number of ether oxygens (including phenoxy) is 2. The summed E-state index contributed by atoms with van der Waals surface area (Å²) < 4.78 is 9.71. The number of hydrogen-bond acceptors (Lipinski definition) is 4. The lowest BCUT2D eigenvalue weighted by atomic mass is 10.2. The molecule has 0 aromatic heterocycles. The number of nitrogens with one attached hydrogen (secondary N) is 2. The summed E-state index contributed by atoms with van der Waals surface area (Å²) >= 11 is 0. The molecule has 0 bridgehead atoms. The van der Waals surface area contributed by atoms with Crippen molar-refractivity contribution in [3.63, 3.8) is 0 Å². The molecule has 1 atom stereocenters. The first-order valence-electron chi connectivity index (χ1n) is 5.35. The van der Waals surface area contributed by atoms with Crippen LogP contribution in [0.15, 0.2) is 0 Å². The molecule has 16 heavy (non-hydrogen) atoms. The summed E-state index contributed by atoms with van der Waals surface area (Å²) in [6.07, 6.45) is -0.0549. The van der Waals surface area contributed by atoms with E-state index >= 15 is 0 Å². The Hall–Kier alpha value is -1.46. The van der Waals surface area contributed by atoms with Crippen molar-refractivity contribution in [1.29, 1.82) is 0 Å². The maximum atomic E-state index is 11.0. The van der Waals surface area contributed by atoms with Gasteiger partial charge in [0.2, 0.25) is 0 Å². The fourth-order valence-corrected chi connectivity index (χ4v) is 0.834. The molecule has 0 saturated carbocycles. The molecule has 0 aliphatic heterocycles. The summed E-state index contributed by atoms with van der Waals surface area (Å²) in [6, 6.07) is 0. The highest BCUT2D eigenvalue weighted by Crippen LogP contribution is 1.97. The summed E-state index contributed by atoms with van der Waals surface area (Å²) in [6.45, 7) is 4.84. The maximum Gasteiger partial charge on any atom is 0.407 e. The highest BCUT2D eigenvalue weighted by molar-refractivity contribution is 5.67. The number of amides is 2. The number of hydrogen-bond donors (Lipinski definition) is 2. The fourth-order valence-electron chi connectivity index (χ4n) is 0.834. The first-order valence-corrected chi connectivity index (χ1v) is 5.35.